The Morgan fingerprint density at radius 3 is 2.38 bits per heavy atom. The van der Waals surface area contributed by atoms with Gasteiger partial charge in [-0.3, -0.25) is 19.2 Å². The largest absolute Gasteiger partial charge is 0.391 e. The second-order valence-corrected chi connectivity index (χ2v) is 21.2. The molecule has 7 rings (SSSR count). The van der Waals surface area contributed by atoms with Crippen molar-refractivity contribution in [1.29, 1.82) is 0 Å². The van der Waals surface area contributed by atoms with Gasteiger partial charge < -0.3 is 41.1 Å². The number of aromatic nitrogens is 4. The smallest absolute Gasteiger partial charge is 0.267 e. The van der Waals surface area contributed by atoms with E-state index in [1.54, 1.807) is 22.3 Å². The molecule has 4 amide bonds. The van der Waals surface area contributed by atoms with Crippen molar-refractivity contribution in [2.45, 2.75) is 111 Å². The molecule has 0 spiro atoms. The van der Waals surface area contributed by atoms with Crippen LogP contribution in [0.3, 0.4) is 0 Å². The fourth-order valence-corrected chi connectivity index (χ4v) is 10.5. The highest BCUT2D eigenvalue weighted by Crippen LogP contribution is 2.31. The number of piperazine rings is 1. The first kappa shape index (κ1) is 51.3. The minimum atomic E-state index is -0.768. The molecule has 0 aliphatic carbocycles. The fraction of sp³-hybridized carbons (Fsp3) is 0.480. The minimum Gasteiger partial charge on any atom is -0.391 e. The van der Waals surface area contributed by atoms with Gasteiger partial charge in [0.1, 0.15) is 28.4 Å². The van der Waals surface area contributed by atoms with E-state index in [9.17, 15) is 24.3 Å². The molecule has 3 aromatic heterocycles. The quantitative estimate of drug-likeness (QED) is 0.0503. The Morgan fingerprint density at radius 1 is 0.928 bits per heavy atom. The summed E-state index contributed by atoms with van der Waals surface area (Å²) < 4.78 is 0. The summed E-state index contributed by atoms with van der Waals surface area (Å²) in [6.07, 6.45) is 6.01. The third-order valence-corrected chi connectivity index (χ3v) is 14.7. The van der Waals surface area contributed by atoms with E-state index in [2.05, 4.69) is 46.1 Å². The summed E-state index contributed by atoms with van der Waals surface area (Å²) in [4.78, 5) is 78.8. The Bertz CT molecular complexity index is 2550. The number of β-amino-alcohol motifs (C(OH)–C–C–N with tert-alkyl or cyclic N) is 1. The van der Waals surface area contributed by atoms with Crippen LogP contribution in [-0.2, 0) is 20.9 Å². The maximum atomic E-state index is 14.1. The molecule has 0 radical (unpaired) electrons. The summed E-state index contributed by atoms with van der Waals surface area (Å²) >= 11 is 9.11. The molecule has 2 fully saturated rings. The number of aryl methyl sites for hydroxylation is 3. The molecule has 2 saturated heterocycles. The van der Waals surface area contributed by atoms with E-state index >= 15 is 0 Å². The van der Waals surface area contributed by atoms with Gasteiger partial charge in [0.25, 0.3) is 5.91 Å². The van der Waals surface area contributed by atoms with E-state index in [1.165, 1.54) is 17.5 Å². The van der Waals surface area contributed by atoms with Gasteiger partial charge in [0.2, 0.25) is 17.7 Å². The van der Waals surface area contributed by atoms with Crippen molar-refractivity contribution in [3.05, 3.63) is 92.8 Å². The van der Waals surface area contributed by atoms with Crippen LogP contribution in [0.1, 0.15) is 98.0 Å². The molecule has 69 heavy (non-hydrogen) atoms. The zero-order valence-corrected chi connectivity index (χ0v) is 42.7. The van der Waals surface area contributed by atoms with E-state index in [4.69, 9.17) is 11.6 Å². The molecule has 2 aliphatic rings. The highest BCUT2D eigenvalue weighted by atomic mass is 35.5. The minimum absolute atomic E-state index is 0.121. The van der Waals surface area contributed by atoms with Crippen LogP contribution >= 0.6 is 34.3 Å². The summed E-state index contributed by atoms with van der Waals surface area (Å²) in [5, 5.41) is 24.2. The number of benzene rings is 2. The Balaban J connectivity index is 0.791. The second-order valence-electron chi connectivity index (χ2n) is 18.9. The number of hydrogen-bond donors (Lipinski definition) is 5. The zero-order chi connectivity index (χ0) is 49.2. The lowest BCUT2D eigenvalue weighted by molar-refractivity contribution is -0.142. The van der Waals surface area contributed by atoms with E-state index in [0.29, 0.717) is 78.1 Å². The number of carbonyl (C=O) groups excluding carboxylic acids is 4. The Morgan fingerprint density at radius 2 is 1.67 bits per heavy atom. The molecule has 5 heterocycles. The number of nitrogens with zero attached hydrogens (tertiary/aromatic N) is 7. The van der Waals surface area contributed by atoms with Crippen LogP contribution in [0.15, 0.2) is 60.2 Å². The Labute approximate surface area is 417 Å². The molecule has 19 heteroatoms. The van der Waals surface area contributed by atoms with Crippen LogP contribution < -0.4 is 26.2 Å². The van der Waals surface area contributed by atoms with Gasteiger partial charge in [-0.15, -0.1) is 11.3 Å². The third-order valence-electron chi connectivity index (χ3n) is 12.5. The molecule has 1 unspecified atom stereocenters. The summed E-state index contributed by atoms with van der Waals surface area (Å²) in [7, 11) is 0. The van der Waals surface area contributed by atoms with Gasteiger partial charge in [0.15, 0.2) is 5.13 Å². The third kappa shape index (κ3) is 13.6. The van der Waals surface area contributed by atoms with Crippen LogP contribution in [0.2, 0.25) is 5.02 Å². The molecule has 3 atom stereocenters. The highest BCUT2D eigenvalue weighted by molar-refractivity contribution is 7.17. The first-order valence-electron chi connectivity index (χ1n) is 23.7. The molecular formula is C50H64ClN11O5S2. The molecule has 2 aliphatic heterocycles. The predicted octanol–water partition coefficient (Wildman–Crippen LogP) is 7.90. The molecule has 0 saturated carbocycles. The molecule has 0 bridgehead atoms. The molecular weight excluding hydrogens is 934 g/mol. The maximum Gasteiger partial charge on any atom is 0.267 e. The summed E-state index contributed by atoms with van der Waals surface area (Å²) in [6.45, 7) is 15.3. The highest BCUT2D eigenvalue weighted by Gasteiger charge is 2.43. The number of halogens is 1. The standard InChI is InChI=1S/C50H64ClN11O5S2/c1-31-13-12-14-37(51)43(31)59-47(66)39-28-54-49(69-39)58-40-26-41(57-33(3)56-40)60-21-23-61(24-22-60)42(64)15-10-8-7-9-11-20-52-45(50(4,5)6)48(67)62-29-36(63)25-38(62)46(65)53-27-34-16-18-35(19-17-34)44-32(2)55-30-68-44/h12-14,16-19,26,28,30,36,38,45,52,63H,7-11,15,20-25,27,29H2,1-6H3,(H,53,65)(H,59,66)(H,54,56,57,58)/t36-,38+,45?/m1/s1. The fourth-order valence-electron chi connectivity index (χ4n) is 8.71. The van der Waals surface area contributed by atoms with Crippen molar-refractivity contribution >= 4 is 80.4 Å². The lowest BCUT2D eigenvalue weighted by Crippen LogP contribution is -2.56. The van der Waals surface area contributed by atoms with Crippen molar-refractivity contribution in [2.75, 3.05) is 54.8 Å². The normalized spacial score (nSPS) is 16.7. The number of amides is 4. The topological polar surface area (TPSA) is 198 Å². The van der Waals surface area contributed by atoms with Crippen LogP contribution in [0, 0.1) is 26.2 Å². The molecule has 5 N–H and O–H groups in total. The number of thiazole rings is 2. The van der Waals surface area contributed by atoms with Gasteiger partial charge in [-0.1, -0.05) is 99.4 Å². The van der Waals surface area contributed by atoms with Gasteiger partial charge in [0, 0.05) is 58.2 Å². The molecule has 2 aromatic carbocycles. The number of carbonyl (C=O) groups is 4. The number of aliphatic hydroxyl groups is 1. The number of aliphatic hydroxyl groups excluding tert-OH is 1. The maximum absolute atomic E-state index is 14.1. The Hall–Kier alpha value is -5.53. The summed E-state index contributed by atoms with van der Waals surface area (Å²) in [5.41, 5.74) is 5.86. The first-order valence-corrected chi connectivity index (χ1v) is 25.8. The molecule has 368 valence electrons. The molecule has 16 nitrogen and oxygen atoms in total. The van der Waals surface area contributed by atoms with Gasteiger partial charge in [-0.2, -0.15) is 0 Å². The average molecular weight is 999 g/mol. The number of unbranched alkanes of at least 4 members (excludes halogenated alkanes) is 4. The first-order chi connectivity index (χ1) is 33.0. The molecule has 5 aromatic rings. The van der Waals surface area contributed by atoms with Crippen molar-refractivity contribution in [3.63, 3.8) is 0 Å². The van der Waals surface area contributed by atoms with Crippen molar-refractivity contribution in [3.8, 4) is 10.4 Å². The second kappa shape index (κ2) is 23.4. The van der Waals surface area contributed by atoms with Crippen LogP contribution in [0.5, 0.6) is 0 Å². The van der Waals surface area contributed by atoms with E-state index in [0.717, 1.165) is 65.2 Å². The van der Waals surface area contributed by atoms with Crippen LogP contribution in [-0.4, -0.2) is 116 Å². The monoisotopic (exact) mass is 997 g/mol. The van der Waals surface area contributed by atoms with Crippen LogP contribution in [0.4, 0.5) is 22.5 Å². The SMILES string of the molecule is Cc1nc(Nc2ncc(C(=O)Nc3c(C)cccc3Cl)s2)cc(N2CCN(C(=O)CCCCCCCNC(C(=O)N3C[C@H](O)C[C@H]3C(=O)NCc3ccc(-c4scnc4C)cc3)C(C)(C)C)CC2)n1. The number of nitrogens with one attached hydrogen (secondary N) is 4. The number of para-hydroxylation sites is 1. The van der Waals surface area contributed by atoms with Gasteiger partial charge in [-0.05, 0) is 68.3 Å². The van der Waals surface area contributed by atoms with Gasteiger partial charge >= 0.3 is 0 Å². The lowest BCUT2D eigenvalue weighted by atomic mass is 9.85. The lowest BCUT2D eigenvalue weighted by Gasteiger charge is -2.35. The number of likely N-dealkylation sites (tertiary alicyclic amines) is 1. The van der Waals surface area contributed by atoms with Gasteiger partial charge in [-0.25, -0.2) is 19.9 Å². The summed E-state index contributed by atoms with van der Waals surface area (Å²) in [6, 6.07) is 14.1. The van der Waals surface area contributed by atoms with E-state index in [1.807, 2.05) is 94.4 Å². The number of anilines is 4. The average Bonchev–Trinajstić information content (AvgIpc) is 4.08. The van der Waals surface area contributed by atoms with Gasteiger partial charge in [0.05, 0.1) is 45.1 Å². The van der Waals surface area contributed by atoms with E-state index < -0.39 is 23.6 Å². The summed E-state index contributed by atoms with van der Waals surface area (Å²) in [5.74, 6) is 1.32. The van der Waals surface area contributed by atoms with E-state index in [-0.39, 0.29) is 36.6 Å². The van der Waals surface area contributed by atoms with Crippen molar-refractivity contribution in [1.82, 2.24) is 40.4 Å². The predicted molar refractivity (Wildman–Crippen MR) is 274 cm³/mol. The Kier molecular flexibility index (Phi) is 17.4. The van der Waals surface area contributed by atoms with Crippen LogP contribution in [0.25, 0.3) is 10.4 Å². The number of rotatable bonds is 19. The van der Waals surface area contributed by atoms with Crippen molar-refractivity contribution in [2.24, 2.45) is 5.41 Å². The van der Waals surface area contributed by atoms with Crippen molar-refractivity contribution < 1.29 is 24.3 Å². The zero-order valence-electron chi connectivity index (χ0n) is 40.3. The number of hydrogen-bond acceptors (Lipinski definition) is 14.